The molecule has 0 radical (unpaired) electrons. The first-order valence-electron chi connectivity index (χ1n) is 7.96. The van der Waals surface area contributed by atoms with Crippen molar-refractivity contribution in [2.45, 2.75) is 26.8 Å². The molecule has 6 heteroatoms. The van der Waals surface area contributed by atoms with Crippen molar-refractivity contribution in [3.05, 3.63) is 69.2 Å². The fourth-order valence-corrected chi connectivity index (χ4v) is 2.93. The molecular formula is C19H18ClN3O2. The molecule has 0 atom stereocenters. The van der Waals surface area contributed by atoms with Crippen LogP contribution in [0, 0.1) is 13.8 Å². The highest BCUT2D eigenvalue weighted by Gasteiger charge is 2.09. The van der Waals surface area contributed by atoms with Gasteiger partial charge in [-0.25, -0.2) is 4.98 Å². The van der Waals surface area contributed by atoms with Crippen LogP contribution in [-0.2, 0) is 11.3 Å². The summed E-state index contributed by atoms with van der Waals surface area (Å²) < 4.78 is 1.47. The Balaban J connectivity index is 1.73. The molecule has 0 fully saturated rings. The Morgan fingerprint density at radius 3 is 2.76 bits per heavy atom. The SMILES string of the molecule is Cc1cc(Cl)ccc1NC(=O)CCn1cnc2c(C)cccc2c1=O. The molecule has 1 aromatic heterocycles. The van der Waals surface area contributed by atoms with Gasteiger partial charge in [-0.15, -0.1) is 0 Å². The maximum atomic E-state index is 12.5. The van der Waals surface area contributed by atoms with Crippen molar-refractivity contribution in [3.63, 3.8) is 0 Å². The second-order valence-electron chi connectivity index (χ2n) is 5.97. The fraction of sp³-hybridized carbons (Fsp3) is 0.211. The second-order valence-corrected chi connectivity index (χ2v) is 6.41. The number of anilines is 1. The van der Waals surface area contributed by atoms with Crippen LogP contribution in [0.1, 0.15) is 17.5 Å². The van der Waals surface area contributed by atoms with Gasteiger partial charge in [-0.2, -0.15) is 0 Å². The summed E-state index contributed by atoms with van der Waals surface area (Å²) >= 11 is 5.91. The Kier molecular flexibility index (Phi) is 4.86. The maximum Gasteiger partial charge on any atom is 0.261 e. The first-order valence-corrected chi connectivity index (χ1v) is 8.34. The lowest BCUT2D eigenvalue weighted by atomic mass is 10.1. The van der Waals surface area contributed by atoms with Gasteiger partial charge in [0.1, 0.15) is 0 Å². The number of benzene rings is 2. The van der Waals surface area contributed by atoms with Crippen molar-refractivity contribution in [3.8, 4) is 0 Å². The van der Waals surface area contributed by atoms with E-state index >= 15 is 0 Å². The molecule has 1 N–H and O–H groups in total. The van der Waals surface area contributed by atoms with Crippen molar-refractivity contribution in [2.75, 3.05) is 5.32 Å². The van der Waals surface area contributed by atoms with E-state index < -0.39 is 0 Å². The van der Waals surface area contributed by atoms with E-state index in [1.807, 2.05) is 26.0 Å². The van der Waals surface area contributed by atoms with Gasteiger partial charge in [0.15, 0.2) is 0 Å². The molecule has 0 aliphatic heterocycles. The standard InChI is InChI=1S/C19H18ClN3O2/c1-12-4-3-5-15-18(12)21-11-23(19(15)25)9-8-17(24)22-16-7-6-14(20)10-13(16)2/h3-7,10-11H,8-9H2,1-2H3,(H,22,24). The van der Waals surface area contributed by atoms with Crippen LogP contribution < -0.4 is 10.9 Å². The highest BCUT2D eigenvalue weighted by Crippen LogP contribution is 2.19. The largest absolute Gasteiger partial charge is 0.326 e. The summed E-state index contributed by atoms with van der Waals surface area (Å²) in [7, 11) is 0. The molecule has 3 rings (SSSR count). The monoisotopic (exact) mass is 355 g/mol. The van der Waals surface area contributed by atoms with Crippen LogP contribution in [0.15, 0.2) is 47.5 Å². The van der Waals surface area contributed by atoms with E-state index in [9.17, 15) is 9.59 Å². The summed E-state index contributed by atoms with van der Waals surface area (Å²) in [4.78, 5) is 29.0. The van der Waals surface area contributed by atoms with E-state index in [2.05, 4.69) is 10.3 Å². The number of aromatic nitrogens is 2. The Bertz CT molecular complexity index is 1010. The van der Waals surface area contributed by atoms with Crippen molar-refractivity contribution in [2.24, 2.45) is 0 Å². The van der Waals surface area contributed by atoms with E-state index in [0.717, 1.165) is 11.1 Å². The number of aryl methyl sites for hydroxylation is 3. The molecule has 0 saturated heterocycles. The van der Waals surface area contributed by atoms with Gasteiger partial charge in [0, 0.05) is 23.7 Å². The van der Waals surface area contributed by atoms with Crippen LogP contribution in [0.3, 0.4) is 0 Å². The summed E-state index contributed by atoms with van der Waals surface area (Å²) in [6, 6.07) is 10.8. The fourth-order valence-electron chi connectivity index (χ4n) is 2.70. The molecule has 1 heterocycles. The molecule has 5 nitrogen and oxygen atoms in total. The quantitative estimate of drug-likeness (QED) is 0.776. The molecule has 3 aromatic rings. The minimum absolute atomic E-state index is 0.135. The first-order chi connectivity index (χ1) is 12.0. The molecule has 0 aliphatic carbocycles. The number of halogens is 1. The van der Waals surface area contributed by atoms with Gasteiger partial charge in [0.25, 0.3) is 5.56 Å². The molecule has 0 bridgehead atoms. The summed E-state index contributed by atoms with van der Waals surface area (Å²) in [6.45, 7) is 4.07. The van der Waals surface area contributed by atoms with E-state index in [-0.39, 0.29) is 24.4 Å². The van der Waals surface area contributed by atoms with Gasteiger partial charge < -0.3 is 5.32 Å². The summed E-state index contributed by atoms with van der Waals surface area (Å²) in [5, 5.41) is 4.03. The molecule has 0 unspecified atom stereocenters. The number of nitrogens with one attached hydrogen (secondary N) is 1. The van der Waals surface area contributed by atoms with Gasteiger partial charge >= 0.3 is 0 Å². The zero-order valence-corrected chi connectivity index (χ0v) is 14.8. The first kappa shape index (κ1) is 17.2. The van der Waals surface area contributed by atoms with Crippen molar-refractivity contribution < 1.29 is 4.79 Å². The highest BCUT2D eigenvalue weighted by atomic mass is 35.5. The van der Waals surface area contributed by atoms with E-state index in [4.69, 9.17) is 11.6 Å². The van der Waals surface area contributed by atoms with E-state index in [1.54, 1.807) is 24.3 Å². The zero-order valence-electron chi connectivity index (χ0n) is 14.0. The predicted molar refractivity (Wildman–Crippen MR) is 100 cm³/mol. The number of hydrogen-bond acceptors (Lipinski definition) is 3. The summed E-state index contributed by atoms with van der Waals surface area (Å²) in [6.07, 6.45) is 1.68. The average molecular weight is 356 g/mol. The van der Waals surface area contributed by atoms with Gasteiger partial charge in [-0.1, -0.05) is 23.7 Å². The molecule has 128 valence electrons. The Morgan fingerprint density at radius 2 is 2.00 bits per heavy atom. The lowest BCUT2D eigenvalue weighted by molar-refractivity contribution is -0.116. The zero-order chi connectivity index (χ0) is 18.0. The molecule has 2 aromatic carbocycles. The second kappa shape index (κ2) is 7.07. The molecule has 25 heavy (non-hydrogen) atoms. The third-order valence-electron chi connectivity index (χ3n) is 4.10. The van der Waals surface area contributed by atoms with Crippen LogP contribution in [0.25, 0.3) is 10.9 Å². The number of para-hydroxylation sites is 1. The number of nitrogens with zero attached hydrogens (tertiary/aromatic N) is 2. The predicted octanol–water partition coefficient (Wildman–Crippen LogP) is 3.70. The third-order valence-corrected chi connectivity index (χ3v) is 4.33. The number of hydrogen-bond donors (Lipinski definition) is 1. The normalized spacial score (nSPS) is 10.8. The average Bonchev–Trinajstić information content (AvgIpc) is 2.57. The van der Waals surface area contributed by atoms with E-state index in [0.29, 0.717) is 21.6 Å². The summed E-state index contributed by atoms with van der Waals surface area (Å²) in [5.74, 6) is -0.165. The molecule has 0 saturated carbocycles. The van der Waals surface area contributed by atoms with Crippen LogP contribution in [0.2, 0.25) is 5.02 Å². The minimum atomic E-state index is -0.165. The number of carbonyl (C=O) groups excluding carboxylic acids is 1. The number of amides is 1. The maximum absolute atomic E-state index is 12.5. The lowest BCUT2D eigenvalue weighted by Gasteiger charge is -2.10. The van der Waals surface area contributed by atoms with Gasteiger partial charge in [0.05, 0.1) is 17.2 Å². The topological polar surface area (TPSA) is 64.0 Å². The lowest BCUT2D eigenvalue weighted by Crippen LogP contribution is -2.24. The summed E-state index contributed by atoms with van der Waals surface area (Å²) in [5.41, 5.74) is 3.13. The van der Waals surface area contributed by atoms with E-state index in [1.165, 1.54) is 10.9 Å². The highest BCUT2D eigenvalue weighted by molar-refractivity contribution is 6.30. The van der Waals surface area contributed by atoms with Crippen molar-refractivity contribution >= 4 is 34.1 Å². The Morgan fingerprint density at radius 1 is 1.20 bits per heavy atom. The van der Waals surface area contributed by atoms with Crippen LogP contribution in [0.4, 0.5) is 5.69 Å². The number of fused-ring (bicyclic) bond motifs is 1. The van der Waals surface area contributed by atoms with Gasteiger partial charge in [0.2, 0.25) is 5.91 Å². The Labute approximate surface area is 150 Å². The molecule has 0 spiro atoms. The number of carbonyl (C=O) groups is 1. The van der Waals surface area contributed by atoms with Crippen LogP contribution in [-0.4, -0.2) is 15.5 Å². The molecule has 1 amide bonds. The van der Waals surface area contributed by atoms with Gasteiger partial charge in [-0.05, 0) is 49.2 Å². The smallest absolute Gasteiger partial charge is 0.261 e. The molecular weight excluding hydrogens is 338 g/mol. The molecule has 0 aliphatic rings. The minimum Gasteiger partial charge on any atom is -0.326 e. The van der Waals surface area contributed by atoms with Crippen LogP contribution in [0.5, 0.6) is 0 Å². The van der Waals surface area contributed by atoms with Crippen LogP contribution >= 0.6 is 11.6 Å². The number of rotatable bonds is 4. The Hall–Kier alpha value is -2.66. The van der Waals surface area contributed by atoms with Crippen molar-refractivity contribution in [1.29, 1.82) is 0 Å². The van der Waals surface area contributed by atoms with Gasteiger partial charge in [-0.3, -0.25) is 14.2 Å². The van der Waals surface area contributed by atoms with Crippen molar-refractivity contribution in [1.82, 2.24) is 9.55 Å². The third kappa shape index (κ3) is 3.72.